The van der Waals surface area contributed by atoms with Crippen LogP contribution in [-0.2, 0) is 0 Å². The van der Waals surface area contributed by atoms with Crippen LogP contribution < -0.4 is 5.32 Å². The molecule has 2 rings (SSSR count). The molecule has 1 atom stereocenters. The van der Waals surface area contributed by atoms with Crippen molar-refractivity contribution < 1.29 is 0 Å². The maximum atomic E-state index is 3.74. The second-order valence-electron chi connectivity index (χ2n) is 6.96. The molecule has 1 aliphatic carbocycles. The molecule has 0 aliphatic heterocycles. The summed E-state index contributed by atoms with van der Waals surface area (Å²) in [7, 11) is 4.50. The molecule has 0 bridgehead atoms. The second-order valence-corrected chi connectivity index (χ2v) is 6.96. The summed E-state index contributed by atoms with van der Waals surface area (Å²) in [6, 6.07) is 10.9. The molecule has 1 saturated carbocycles. The molecule has 0 saturated heterocycles. The van der Waals surface area contributed by atoms with Crippen LogP contribution in [0.15, 0.2) is 30.3 Å². The molecule has 1 aliphatic rings. The summed E-state index contributed by atoms with van der Waals surface area (Å²) in [4.78, 5) is 2.46. The quantitative estimate of drug-likeness (QED) is 0.762. The summed E-state index contributed by atoms with van der Waals surface area (Å²) in [5, 5.41) is 3.74. The van der Waals surface area contributed by atoms with Crippen LogP contribution in [0.2, 0.25) is 0 Å². The Hall–Kier alpha value is -0.860. The molecule has 1 unspecified atom stereocenters. The van der Waals surface area contributed by atoms with Crippen molar-refractivity contribution >= 4 is 0 Å². The van der Waals surface area contributed by atoms with Gasteiger partial charge in [0.15, 0.2) is 0 Å². The van der Waals surface area contributed by atoms with Crippen LogP contribution in [0.5, 0.6) is 0 Å². The third-order valence-electron chi connectivity index (χ3n) is 5.31. The molecule has 0 radical (unpaired) electrons. The zero-order valence-corrected chi connectivity index (χ0v) is 14.1. The van der Waals surface area contributed by atoms with Crippen molar-refractivity contribution in [2.45, 2.75) is 56.9 Å². The fraction of sp³-hybridized carbons (Fsp3) is 0.684. The molecule has 0 heterocycles. The van der Waals surface area contributed by atoms with Crippen molar-refractivity contribution in [2.24, 2.45) is 0 Å². The standard InChI is InChI=1S/C19H32N2/c1-17(18-10-6-4-7-11-18)12-15-20-16-19(21(2)3)13-8-5-9-14-19/h4,6-7,10-11,17,20H,5,8-9,12-16H2,1-3H3. The third-order valence-corrected chi connectivity index (χ3v) is 5.31. The summed E-state index contributed by atoms with van der Waals surface area (Å²) in [5.41, 5.74) is 1.85. The SMILES string of the molecule is CC(CCNCC1(N(C)C)CCCCC1)c1ccccc1. The van der Waals surface area contributed by atoms with Gasteiger partial charge in [0.05, 0.1) is 0 Å². The van der Waals surface area contributed by atoms with E-state index in [1.807, 2.05) is 0 Å². The number of nitrogens with zero attached hydrogens (tertiary/aromatic N) is 1. The van der Waals surface area contributed by atoms with Gasteiger partial charge in [-0.1, -0.05) is 56.5 Å². The molecular formula is C19H32N2. The zero-order chi connectivity index (χ0) is 15.1. The van der Waals surface area contributed by atoms with Gasteiger partial charge in [0, 0.05) is 12.1 Å². The van der Waals surface area contributed by atoms with Crippen LogP contribution >= 0.6 is 0 Å². The van der Waals surface area contributed by atoms with Gasteiger partial charge in [0.25, 0.3) is 0 Å². The van der Waals surface area contributed by atoms with Crippen molar-refractivity contribution in [3.8, 4) is 0 Å². The van der Waals surface area contributed by atoms with E-state index in [1.165, 1.54) is 44.1 Å². The highest BCUT2D eigenvalue weighted by atomic mass is 15.2. The Morgan fingerprint density at radius 1 is 1.10 bits per heavy atom. The van der Waals surface area contributed by atoms with E-state index in [9.17, 15) is 0 Å². The average Bonchev–Trinajstić information content (AvgIpc) is 2.53. The Kier molecular flexibility index (Phi) is 6.25. The minimum Gasteiger partial charge on any atom is -0.315 e. The molecule has 21 heavy (non-hydrogen) atoms. The Morgan fingerprint density at radius 3 is 2.38 bits per heavy atom. The summed E-state index contributed by atoms with van der Waals surface area (Å²) < 4.78 is 0. The minimum absolute atomic E-state index is 0.397. The predicted octanol–water partition coefficient (Wildman–Crippen LogP) is 4.03. The molecule has 0 amide bonds. The number of nitrogens with one attached hydrogen (secondary N) is 1. The average molecular weight is 288 g/mol. The highest BCUT2D eigenvalue weighted by Crippen LogP contribution is 2.31. The Balaban J connectivity index is 1.75. The number of likely N-dealkylation sites (N-methyl/N-ethyl adjacent to an activating group) is 1. The smallest absolute Gasteiger partial charge is 0.0327 e. The van der Waals surface area contributed by atoms with Gasteiger partial charge >= 0.3 is 0 Å². The van der Waals surface area contributed by atoms with Gasteiger partial charge in [-0.3, -0.25) is 0 Å². The monoisotopic (exact) mass is 288 g/mol. The lowest BCUT2D eigenvalue weighted by Gasteiger charge is -2.43. The fourth-order valence-corrected chi connectivity index (χ4v) is 3.58. The highest BCUT2D eigenvalue weighted by Gasteiger charge is 2.33. The molecule has 0 spiro atoms. The molecule has 2 heteroatoms. The minimum atomic E-state index is 0.397. The van der Waals surface area contributed by atoms with Gasteiger partial charge in [0.2, 0.25) is 0 Å². The van der Waals surface area contributed by atoms with Crippen molar-refractivity contribution in [2.75, 3.05) is 27.2 Å². The first-order chi connectivity index (χ1) is 10.1. The second kappa shape index (κ2) is 7.95. The number of hydrogen-bond acceptors (Lipinski definition) is 2. The normalized spacial score (nSPS) is 19.6. The van der Waals surface area contributed by atoms with Gasteiger partial charge in [0.1, 0.15) is 0 Å². The van der Waals surface area contributed by atoms with Gasteiger partial charge in [-0.25, -0.2) is 0 Å². The third kappa shape index (κ3) is 4.55. The summed E-state index contributed by atoms with van der Waals surface area (Å²) in [6.45, 7) is 4.59. The molecule has 0 aromatic heterocycles. The summed E-state index contributed by atoms with van der Waals surface area (Å²) in [6.07, 6.45) is 8.11. The molecule has 1 N–H and O–H groups in total. The Bertz CT molecular complexity index is 393. The van der Waals surface area contributed by atoms with Crippen LogP contribution in [0.25, 0.3) is 0 Å². The topological polar surface area (TPSA) is 15.3 Å². The van der Waals surface area contributed by atoms with Gasteiger partial charge in [-0.2, -0.15) is 0 Å². The van der Waals surface area contributed by atoms with Crippen LogP contribution in [0, 0.1) is 0 Å². The molecule has 1 aromatic carbocycles. The molecule has 2 nitrogen and oxygen atoms in total. The fourth-order valence-electron chi connectivity index (χ4n) is 3.58. The van der Waals surface area contributed by atoms with Crippen LogP contribution in [0.4, 0.5) is 0 Å². The lowest BCUT2D eigenvalue weighted by atomic mass is 9.80. The van der Waals surface area contributed by atoms with Crippen molar-refractivity contribution in [1.29, 1.82) is 0 Å². The van der Waals surface area contributed by atoms with E-state index in [2.05, 4.69) is 61.6 Å². The maximum Gasteiger partial charge on any atom is 0.0327 e. The summed E-state index contributed by atoms with van der Waals surface area (Å²) in [5.74, 6) is 0.639. The lowest BCUT2D eigenvalue weighted by molar-refractivity contribution is 0.0987. The largest absolute Gasteiger partial charge is 0.315 e. The highest BCUT2D eigenvalue weighted by molar-refractivity contribution is 5.18. The van der Waals surface area contributed by atoms with Crippen molar-refractivity contribution in [3.63, 3.8) is 0 Å². The van der Waals surface area contributed by atoms with Crippen LogP contribution in [-0.4, -0.2) is 37.6 Å². The molecule has 118 valence electrons. The van der Waals surface area contributed by atoms with Gasteiger partial charge in [-0.05, 0) is 51.4 Å². The van der Waals surface area contributed by atoms with E-state index in [-0.39, 0.29) is 0 Å². The molecular weight excluding hydrogens is 256 g/mol. The van der Waals surface area contributed by atoms with E-state index < -0.39 is 0 Å². The van der Waals surface area contributed by atoms with E-state index in [4.69, 9.17) is 0 Å². The number of benzene rings is 1. The first kappa shape index (κ1) is 16.5. The van der Waals surface area contributed by atoms with E-state index >= 15 is 0 Å². The number of rotatable bonds is 7. The predicted molar refractivity (Wildman–Crippen MR) is 91.8 cm³/mol. The van der Waals surface area contributed by atoms with Gasteiger partial charge in [-0.15, -0.1) is 0 Å². The first-order valence-electron chi connectivity index (χ1n) is 8.57. The zero-order valence-electron chi connectivity index (χ0n) is 14.1. The number of hydrogen-bond donors (Lipinski definition) is 1. The first-order valence-corrected chi connectivity index (χ1v) is 8.57. The molecule has 1 fully saturated rings. The Labute approximate surface area is 130 Å². The summed E-state index contributed by atoms with van der Waals surface area (Å²) >= 11 is 0. The Morgan fingerprint density at radius 2 is 1.76 bits per heavy atom. The van der Waals surface area contributed by atoms with Crippen molar-refractivity contribution in [1.82, 2.24) is 10.2 Å². The lowest BCUT2D eigenvalue weighted by Crippen LogP contribution is -2.53. The van der Waals surface area contributed by atoms with Gasteiger partial charge < -0.3 is 10.2 Å². The van der Waals surface area contributed by atoms with Crippen LogP contribution in [0.1, 0.15) is 56.9 Å². The molecule has 1 aromatic rings. The van der Waals surface area contributed by atoms with Crippen LogP contribution in [0.3, 0.4) is 0 Å². The van der Waals surface area contributed by atoms with E-state index in [1.54, 1.807) is 0 Å². The van der Waals surface area contributed by atoms with Crippen molar-refractivity contribution in [3.05, 3.63) is 35.9 Å². The maximum absolute atomic E-state index is 3.74. The van der Waals surface area contributed by atoms with E-state index in [0.717, 1.165) is 13.1 Å². The van der Waals surface area contributed by atoms with E-state index in [0.29, 0.717) is 11.5 Å².